The lowest BCUT2D eigenvalue weighted by molar-refractivity contribution is -0.122. The molecular formula is C38H34N2O4. The van der Waals surface area contributed by atoms with Gasteiger partial charge in [-0.3, -0.25) is 14.4 Å². The fourth-order valence-corrected chi connectivity index (χ4v) is 7.57. The maximum atomic E-state index is 15.0. The lowest BCUT2D eigenvalue weighted by Gasteiger charge is -2.38. The summed E-state index contributed by atoms with van der Waals surface area (Å²) in [4.78, 5) is 46.3. The van der Waals surface area contributed by atoms with Gasteiger partial charge in [-0.2, -0.15) is 0 Å². The summed E-state index contributed by atoms with van der Waals surface area (Å²) < 4.78 is 5.45. The van der Waals surface area contributed by atoms with Crippen LogP contribution in [-0.2, 0) is 16.6 Å². The summed E-state index contributed by atoms with van der Waals surface area (Å²) in [7, 11) is 1.56. The number of hydrogen-bond acceptors (Lipinski definition) is 5. The van der Waals surface area contributed by atoms with Crippen LogP contribution in [0, 0.1) is 11.8 Å². The Kier molecular flexibility index (Phi) is 6.73. The Labute approximate surface area is 257 Å². The van der Waals surface area contributed by atoms with Crippen molar-refractivity contribution in [2.75, 3.05) is 12.4 Å². The van der Waals surface area contributed by atoms with Crippen LogP contribution < -0.4 is 10.1 Å². The Balaban J connectivity index is 1.48. The highest BCUT2D eigenvalue weighted by molar-refractivity contribution is 6.16. The van der Waals surface area contributed by atoms with Gasteiger partial charge in [-0.1, -0.05) is 92.7 Å². The number of Topliss-reactive ketones (excluding diaryl/α,β-unsaturated/α-hetero) is 2. The lowest BCUT2D eigenvalue weighted by atomic mass is 9.62. The topological polar surface area (TPSA) is 75.7 Å². The van der Waals surface area contributed by atoms with Gasteiger partial charge < -0.3 is 15.0 Å². The molecule has 0 aromatic heterocycles. The van der Waals surface area contributed by atoms with Crippen LogP contribution in [0.4, 0.5) is 5.69 Å². The summed E-state index contributed by atoms with van der Waals surface area (Å²) in [5, 5.41) is 3.11. The van der Waals surface area contributed by atoms with Crippen LogP contribution in [0.2, 0.25) is 0 Å². The van der Waals surface area contributed by atoms with Gasteiger partial charge in [0.1, 0.15) is 17.2 Å². The molecule has 4 aromatic carbocycles. The summed E-state index contributed by atoms with van der Waals surface area (Å²) in [6.07, 6.45) is 4.76. The van der Waals surface area contributed by atoms with Crippen molar-refractivity contribution in [3.63, 3.8) is 0 Å². The minimum atomic E-state index is -1.36. The first-order valence-corrected chi connectivity index (χ1v) is 15.1. The fraction of sp³-hybridized carbons (Fsp3) is 0.237. The maximum absolute atomic E-state index is 15.0. The molecule has 4 aromatic rings. The Morgan fingerprint density at radius 1 is 0.886 bits per heavy atom. The minimum Gasteiger partial charge on any atom is -0.497 e. The van der Waals surface area contributed by atoms with Gasteiger partial charge in [-0.25, -0.2) is 0 Å². The molecule has 1 fully saturated rings. The van der Waals surface area contributed by atoms with Crippen molar-refractivity contribution in [1.29, 1.82) is 0 Å². The van der Waals surface area contributed by atoms with E-state index in [1.165, 1.54) is 0 Å². The number of para-hydroxylation sites is 1. The number of hydrogen-bond donors (Lipinski definition) is 1. The first-order valence-electron chi connectivity index (χ1n) is 15.1. The van der Waals surface area contributed by atoms with E-state index in [9.17, 15) is 9.59 Å². The second-order valence-electron chi connectivity index (χ2n) is 12.3. The highest BCUT2D eigenvalue weighted by atomic mass is 16.5. The van der Waals surface area contributed by atoms with Gasteiger partial charge in [-0.05, 0) is 58.9 Å². The van der Waals surface area contributed by atoms with E-state index in [0.29, 0.717) is 28.5 Å². The number of methoxy groups -OCH3 is 1. The van der Waals surface area contributed by atoms with E-state index >= 15 is 4.79 Å². The molecule has 0 radical (unpaired) electrons. The molecule has 4 atom stereocenters. The second kappa shape index (κ2) is 10.6. The molecule has 1 amide bonds. The molecule has 3 aliphatic rings. The van der Waals surface area contributed by atoms with E-state index in [0.717, 1.165) is 28.7 Å². The molecule has 0 aliphatic carbocycles. The van der Waals surface area contributed by atoms with E-state index in [1.54, 1.807) is 31.4 Å². The highest BCUT2D eigenvalue weighted by Gasteiger charge is 2.70. The standard InChI is InChI=1S/C38H34N2O4/c1-23(2)21-24-15-17-26(18-16-24)34(41)32-33(35(42)27-10-8-11-28(22-27)44-3)40-20-19-25-9-4-5-12-29(25)36(40)38(32)30-13-6-7-14-31(30)39-37(38)43/h4-20,22-23,32-33,36H,21H2,1-3H3,(H,39,43)/t32-,33-,36-,38-/m1/s1. The Morgan fingerprint density at radius 3 is 2.41 bits per heavy atom. The average Bonchev–Trinajstić information content (AvgIpc) is 3.52. The molecule has 3 heterocycles. The smallest absolute Gasteiger partial charge is 0.238 e. The van der Waals surface area contributed by atoms with E-state index in [-0.39, 0.29) is 17.5 Å². The van der Waals surface area contributed by atoms with Crippen molar-refractivity contribution >= 4 is 29.2 Å². The van der Waals surface area contributed by atoms with E-state index < -0.39 is 23.4 Å². The molecule has 44 heavy (non-hydrogen) atoms. The molecule has 0 bridgehead atoms. The third kappa shape index (κ3) is 4.12. The largest absolute Gasteiger partial charge is 0.497 e. The number of rotatable bonds is 7. The quantitative estimate of drug-likeness (QED) is 0.241. The molecule has 7 rings (SSSR count). The zero-order chi connectivity index (χ0) is 30.6. The second-order valence-corrected chi connectivity index (χ2v) is 12.3. The average molecular weight is 583 g/mol. The van der Waals surface area contributed by atoms with Crippen molar-refractivity contribution in [1.82, 2.24) is 4.90 Å². The first kappa shape index (κ1) is 27.8. The number of nitrogens with one attached hydrogen (secondary N) is 1. The predicted octanol–water partition coefficient (Wildman–Crippen LogP) is 6.88. The van der Waals surface area contributed by atoms with Gasteiger partial charge in [0.25, 0.3) is 0 Å². The first-order chi connectivity index (χ1) is 21.3. The summed E-state index contributed by atoms with van der Waals surface area (Å²) in [5.41, 5.74) is 3.97. The van der Waals surface area contributed by atoms with E-state index in [4.69, 9.17) is 4.74 Å². The SMILES string of the molecule is COc1cccc(C(=O)[C@H]2[C@H](C(=O)c3ccc(CC(C)C)cc3)[C@@]3(C(=O)Nc4ccccc43)[C@H]3c4ccccc4C=CN23)c1. The monoisotopic (exact) mass is 582 g/mol. The zero-order valence-corrected chi connectivity index (χ0v) is 25.0. The molecule has 0 saturated carbocycles. The molecule has 3 aliphatic heterocycles. The van der Waals surface area contributed by atoms with Crippen LogP contribution in [-0.4, -0.2) is 35.5 Å². The number of ether oxygens (including phenoxy) is 1. The molecule has 0 unspecified atom stereocenters. The molecule has 1 spiro atoms. The molecule has 220 valence electrons. The summed E-state index contributed by atoms with van der Waals surface area (Å²) in [5.74, 6) is -0.722. The summed E-state index contributed by atoms with van der Waals surface area (Å²) in [6, 6.07) is 28.7. The van der Waals surface area contributed by atoms with Crippen molar-refractivity contribution < 1.29 is 19.1 Å². The molecule has 6 heteroatoms. The Hall–Kier alpha value is -4.97. The third-order valence-electron chi connectivity index (χ3n) is 9.36. The number of fused-ring (bicyclic) bond motifs is 6. The molecular weight excluding hydrogens is 548 g/mol. The van der Waals surface area contributed by atoms with Crippen LogP contribution in [0.3, 0.4) is 0 Å². The summed E-state index contributed by atoms with van der Waals surface area (Å²) in [6.45, 7) is 4.32. The summed E-state index contributed by atoms with van der Waals surface area (Å²) >= 11 is 0. The van der Waals surface area contributed by atoms with E-state index in [2.05, 4.69) is 19.2 Å². The van der Waals surface area contributed by atoms with Crippen molar-refractivity contribution in [3.8, 4) is 5.75 Å². The number of ketones is 2. The van der Waals surface area contributed by atoms with Crippen LogP contribution in [0.25, 0.3) is 6.08 Å². The van der Waals surface area contributed by atoms with E-state index in [1.807, 2.05) is 90.0 Å². The van der Waals surface area contributed by atoms with Crippen molar-refractivity contribution in [2.24, 2.45) is 11.8 Å². The van der Waals surface area contributed by atoms with Crippen LogP contribution in [0.15, 0.2) is 103 Å². The van der Waals surface area contributed by atoms with Gasteiger partial charge in [0.2, 0.25) is 5.91 Å². The fourth-order valence-electron chi connectivity index (χ4n) is 7.57. The number of carbonyl (C=O) groups excluding carboxylic acids is 3. The Bertz CT molecular complexity index is 1820. The number of amides is 1. The predicted molar refractivity (Wildman–Crippen MR) is 171 cm³/mol. The van der Waals surface area contributed by atoms with Crippen LogP contribution >= 0.6 is 0 Å². The van der Waals surface area contributed by atoms with Crippen LogP contribution in [0.5, 0.6) is 5.75 Å². The van der Waals surface area contributed by atoms with Crippen LogP contribution in [0.1, 0.15) is 62.9 Å². The normalized spacial score (nSPS) is 22.9. The van der Waals surface area contributed by atoms with Gasteiger partial charge in [0.15, 0.2) is 11.6 Å². The highest BCUT2D eigenvalue weighted by Crippen LogP contribution is 2.62. The van der Waals surface area contributed by atoms with Crippen molar-refractivity contribution in [2.45, 2.75) is 37.8 Å². The maximum Gasteiger partial charge on any atom is 0.238 e. The van der Waals surface area contributed by atoms with Crippen molar-refractivity contribution in [3.05, 3.63) is 137 Å². The number of carbonyl (C=O) groups is 3. The number of anilines is 1. The van der Waals surface area contributed by atoms with Gasteiger partial charge in [-0.15, -0.1) is 0 Å². The zero-order valence-electron chi connectivity index (χ0n) is 25.0. The van der Waals surface area contributed by atoms with Gasteiger partial charge in [0.05, 0.1) is 19.1 Å². The molecule has 1 N–H and O–H groups in total. The minimum absolute atomic E-state index is 0.227. The molecule has 1 saturated heterocycles. The molecule has 6 nitrogen and oxygen atoms in total. The number of nitrogens with zero attached hydrogens (tertiary/aromatic N) is 1. The van der Waals surface area contributed by atoms with Gasteiger partial charge in [0, 0.05) is 23.0 Å². The number of benzene rings is 4. The lowest BCUT2D eigenvalue weighted by Crippen LogP contribution is -2.49. The van der Waals surface area contributed by atoms with Gasteiger partial charge >= 0.3 is 0 Å². The Morgan fingerprint density at radius 2 is 1.64 bits per heavy atom. The third-order valence-corrected chi connectivity index (χ3v) is 9.36.